The molecule has 2 aromatic heterocycles. The Morgan fingerprint density at radius 1 is 1.52 bits per heavy atom. The summed E-state index contributed by atoms with van der Waals surface area (Å²) in [4.78, 5) is 0. The molecule has 3 heterocycles. The van der Waals surface area contributed by atoms with Gasteiger partial charge in [-0.05, 0) is 25.8 Å². The molecule has 1 atom stereocenters. The molecule has 2 N–H and O–H groups in total. The fraction of sp³-hybridized carbons (Fsp3) is 0.500. The summed E-state index contributed by atoms with van der Waals surface area (Å²) in [5.41, 5.74) is 8.82. The first-order chi connectivity index (χ1) is 9.91. The Bertz CT molecular complexity index is 773. The Morgan fingerprint density at radius 3 is 2.81 bits per heavy atom. The van der Waals surface area contributed by atoms with Gasteiger partial charge in [0.2, 0.25) is 0 Å². The number of hydrogen-bond donors (Lipinski definition) is 1. The lowest BCUT2D eigenvalue weighted by atomic mass is 10.1. The van der Waals surface area contributed by atoms with E-state index in [0.29, 0.717) is 12.2 Å². The summed E-state index contributed by atoms with van der Waals surface area (Å²) in [6.45, 7) is 3.89. The van der Waals surface area contributed by atoms with Crippen LogP contribution in [0, 0.1) is 6.92 Å². The zero-order chi connectivity index (χ0) is 15.2. The maximum atomic E-state index is 11.7. The summed E-state index contributed by atoms with van der Waals surface area (Å²) < 4.78 is 30.3. The van der Waals surface area contributed by atoms with Crippen LogP contribution in [-0.4, -0.2) is 29.7 Å². The van der Waals surface area contributed by atoms with Crippen molar-refractivity contribution in [1.82, 2.24) is 9.78 Å². The quantitative estimate of drug-likeness (QED) is 0.935. The highest BCUT2D eigenvalue weighted by Crippen LogP contribution is 2.33. The molecular formula is C14H19N3O3S. The molecule has 0 spiro atoms. The van der Waals surface area contributed by atoms with Gasteiger partial charge in [0.25, 0.3) is 0 Å². The van der Waals surface area contributed by atoms with Crippen LogP contribution in [0.3, 0.4) is 0 Å². The predicted octanol–water partition coefficient (Wildman–Crippen LogP) is 1.96. The maximum Gasteiger partial charge on any atom is 0.152 e. The fourth-order valence-electron chi connectivity index (χ4n) is 2.88. The van der Waals surface area contributed by atoms with Crippen molar-refractivity contribution >= 4 is 15.7 Å². The molecule has 0 bridgehead atoms. The molecule has 7 heteroatoms. The SMILES string of the molecule is CCc1c(-c2coc(C)c2)nn(C2CCS(=O)(=O)C2)c1N. The van der Waals surface area contributed by atoms with Gasteiger partial charge in [-0.15, -0.1) is 0 Å². The molecule has 1 unspecified atom stereocenters. The normalized spacial score (nSPS) is 21.0. The second kappa shape index (κ2) is 4.91. The number of rotatable bonds is 3. The molecule has 6 nitrogen and oxygen atoms in total. The lowest BCUT2D eigenvalue weighted by Gasteiger charge is -2.10. The van der Waals surface area contributed by atoms with Crippen molar-refractivity contribution in [2.24, 2.45) is 0 Å². The van der Waals surface area contributed by atoms with E-state index >= 15 is 0 Å². The topological polar surface area (TPSA) is 91.1 Å². The Morgan fingerprint density at radius 2 is 2.29 bits per heavy atom. The maximum absolute atomic E-state index is 11.7. The number of aromatic nitrogens is 2. The van der Waals surface area contributed by atoms with Crippen molar-refractivity contribution in [2.75, 3.05) is 17.2 Å². The number of sulfone groups is 1. The Balaban J connectivity index is 2.06. The minimum absolute atomic E-state index is 0.117. The Kier molecular flexibility index (Phi) is 3.32. The highest BCUT2D eigenvalue weighted by atomic mass is 32.2. The van der Waals surface area contributed by atoms with Crippen LogP contribution in [0.25, 0.3) is 11.3 Å². The molecule has 114 valence electrons. The molecule has 0 radical (unpaired) electrons. The molecule has 0 saturated carbocycles. The molecule has 1 aliphatic rings. The molecule has 0 amide bonds. The van der Waals surface area contributed by atoms with E-state index in [2.05, 4.69) is 5.10 Å². The third-order valence-corrected chi connectivity index (χ3v) is 5.71. The van der Waals surface area contributed by atoms with Gasteiger partial charge in [-0.25, -0.2) is 13.1 Å². The number of anilines is 1. The van der Waals surface area contributed by atoms with E-state index in [9.17, 15) is 8.42 Å². The highest BCUT2D eigenvalue weighted by molar-refractivity contribution is 7.91. The number of hydrogen-bond acceptors (Lipinski definition) is 5. The van der Waals surface area contributed by atoms with Gasteiger partial charge in [-0.3, -0.25) is 0 Å². The second-order valence-corrected chi connectivity index (χ2v) is 7.74. The van der Waals surface area contributed by atoms with Gasteiger partial charge in [-0.2, -0.15) is 5.10 Å². The largest absolute Gasteiger partial charge is 0.469 e. The van der Waals surface area contributed by atoms with Crippen LogP contribution < -0.4 is 5.73 Å². The van der Waals surface area contributed by atoms with E-state index in [0.717, 1.165) is 29.0 Å². The molecule has 3 rings (SSSR count). The monoisotopic (exact) mass is 309 g/mol. The highest BCUT2D eigenvalue weighted by Gasteiger charge is 2.32. The number of aryl methyl sites for hydroxylation is 1. The van der Waals surface area contributed by atoms with Gasteiger partial charge >= 0.3 is 0 Å². The van der Waals surface area contributed by atoms with Gasteiger partial charge in [0.1, 0.15) is 23.5 Å². The van der Waals surface area contributed by atoms with Gasteiger partial charge < -0.3 is 10.2 Å². The van der Waals surface area contributed by atoms with E-state index in [1.165, 1.54) is 0 Å². The third-order valence-electron chi connectivity index (χ3n) is 3.96. The molecule has 0 aliphatic carbocycles. The summed E-state index contributed by atoms with van der Waals surface area (Å²) in [6.07, 6.45) is 2.97. The number of nitrogens with zero attached hydrogens (tertiary/aromatic N) is 2. The predicted molar refractivity (Wildman–Crippen MR) is 80.8 cm³/mol. The van der Waals surface area contributed by atoms with Crippen molar-refractivity contribution < 1.29 is 12.8 Å². The molecule has 1 aliphatic heterocycles. The molecule has 0 aromatic carbocycles. The summed E-state index contributed by atoms with van der Waals surface area (Å²) in [6, 6.07) is 1.75. The second-order valence-electron chi connectivity index (χ2n) is 5.51. The van der Waals surface area contributed by atoms with Crippen LogP contribution in [0.5, 0.6) is 0 Å². The van der Waals surface area contributed by atoms with Crippen LogP contribution in [0.2, 0.25) is 0 Å². The molecule has 21 heavy (non-hydrogen) atoms. The van der Waals surface area contributed by atoms with Crippen molar-refractivity contribution in [3.05, 3.63) is 23.7 Å². The fourth-order valence-corrected chi connectivity index (χ4v) is 4.57. The van der Waals surface area contributed by atoms with Crippen LogP contribution in [0.4, 0.5) is 5.82 Å². The van der Waals surface area contributed by atoms with E-state index < -0.39 is 9.84 Å². The lowest BCUT2D eigenvalue weighted by molar-refractivity contribution is 0.507. The smallest absolute Gasteiger partial charge is 0.152 e. The number of nitrogens with two attached hydrogens (primary N) is 1. The van der Waals surface area contributed by atoms with E-state index in [1.54, 1.807) is 10.9 Å². The van der Waals surface area contributed by atoms with Gasteiger partial charge in [0, 0.05) is 11.1 Å². The number of furan rings is 1. The van der Waals surface area contributed by atoms with Gasteiger partial charge in [0.15, 0.2) is 9.84 Å². The first-order valence-electron chi connectivity index (χ1n) is 7.04. The zero-order valence-corrected chi connectivity index (χ0v) is 13.0. The van der Waals surface area contributed by atoms with Crippen LogP contribution in [0.15, 0.2) is 16.7 Å². The minimum Gasteiger partial charge on any atom is -0.469 e. The summed E-state index contributed by atoms with van der Waals surface area (Å²) in [5.74, 6) is 1.70. The first kappa shape index (κ1) is 14.2. The van der Waals surface area contributed by atoms with E-state index in [1.807, 2.05) is 19.9 Å². The summed E-state index contributed by atoms with van der Waals surface area (Å²) >= 11 is 0. The van der Waals surface area contributed by atoms with E-state index in [-0.39, 0.29) is 17.5 Å². The van der Waals surface area contributed by atoms with Crippen molar-refractivity contribution in [3.8, 4) is 11.3 Å². The minimum atomic E-state index is -2.97. The zero-order valence-electron chi connectivity index (χ0n) is 12.2. The van der Waals surface area contributed by atoms with Crippen LogP contribution >= 0.6 is 0 Å². The average molecular weight is 309 g/mol. The van der Waals surface area contributed by atoms with Crippen molar-refractivity contribution in [3.63, 3.8) is 0 Å². The van der Waals surface area contributed by atoms with Gasteiger partial charge in [0.05, 0.1) is 17.5 Å². The van der Waals surface area contributed by atoms with E-state index in [4.69, 9.17) is 10.2 Å². The number of nitrogen functional groups attached to an aromatic ring is 1. The molecular weight excluding hydrogens is 290 g/mol. The van der Waals surface area contributed by atoms with Crippen molar-refractivity contribution in [2.45, 2.75) is 32.7 Å². The average Bonchev–Trinajstić information content (AvgIpc) is 3.07. The Hall–Kier alpha value is -1.76. The molecule has 2 aromatic rings. The Labute approximate surface area is 123 Å². The lowest BCUT2D eigenvalue weighted by Crippen LogP contribution is -2.15. The molecule has 1 saturated heterocycles. The summed E-state index contributed by atoms with van der Waals surface area (Å²) in [5, 5.41) is 4.58. The van der Waals surface area contributed by atoms with Crippen molar-refractivity contribution in [1.29, 1.82) is 0 Å². The first-order valence-corrected chi connectivity index (χ1v) is 8.86. The van der Waals surface area contributed by atoms with Crippen LogP contribution in [-0.2, 0) is 16.3 Å². The van der Waals surface area contributed by atoms with Gasteiger partial charge in [-0.1, -0.05) is 6.92 Å². The third kappa shape index (κ3) is 2.46. The van der Waals surface area contributed by atoms with Crippen LogP contribution in [0.1, 0.15) is 30.7 Å². The summed E-state index contributed by atoms with van der Waals surface area (Å²) in [7, 11) is -2.97. The molecule has 1 fully saturated rings. The standard InChI is InChI=1S/C14H19N3O3S/c1-3-12-13(10-6-9(2)20-7-10)16-17(14(12)15)11-4-5-21(18,19)8-11/h6-7,11H,3-5,8,15H2,1-2H3.